The van der Waals surface area contributed by atoms with Crippen LogP contribution < -0.4 is 38.9 Å². The minimum absolute atomic E-state index is 0.114. The number of imidazole rings is 1. The Morgan fingerprint density at radius 1 is 1.00 bits per heavy atom. The van der Waals surface area contributed by atoms with Gasteiger partial charge in [0.1, 0.15) is 18.1 Å². The zero-order valence-corrected chi connectivity index (χ0v) is 23.0. The summed E-state index contributed by atoms with van der Waals surface area (Å²) in [5, 5.41) is 17.4. The Bertz CT molecular complexity index is 926. The van der Waals surface area contributed by atoms with Crippen molar-refractivity contribution in [2.75, 3.05) is 25.1 Å². The van der Waals surface area contributed by atoms with Crippen molar-refractivity contribution in [2.24, 2.45) is 27.9 Å². The zero-order valence-electron chi connectivity index (χ0n) is 22.2. The molecule has 0 fully saturated rings. The molecule has 0 aliphatic heterocycles. The molecule has 0 aliphatic carbocycles. The Labute approximate surface area is 232 Å². The molecule has 0 aliphatic rings. The van der Waals surface area contributed by atoms with E-state index >= 15 is 0 Å². The molecule has 220 valence electrons. The van der Waals surface area contributed by atoms with Crippen LogP contribution in [0.4, 0.5) is 0 Å². The van der Waals surface area contributed by atoms with Crippen LogP contribution in [0.5, 0.6) is 0 Å². The monoisotopic (exact) mass is 570 g/mol. The Morgan fingerprint density at radius 2 is 1.62 bits per heavy atom. The lowest BCUT2D eigenvalue weighted by molar-refractivity contribution is -0.142. The van der Waals surface area contributed by atoms with Gasteiger partial charge in [-0.2, -0.15) is 11.8 Å². The number of carboxylic acid groups (broad SMARTS) is 1. The molecular formula is C23H42N10O5S. The largest absolute Gasteiger partial charge is 0.480 e. The highest BCUT2D eigenvalue weighted by Gasteiger charge is 2.30. The summed E-state index contributed by atoms with van der Waals surface area (Å²) < 4.78 is 0. The Hall–Kier alpha value is -3.37. The minimum atomic E-state index is -1.19. The smallest absolute Gasteiger partial charge is 0.326 e. The molecule has 0 radical (unpaired) electrons. The molecular weight excluding hydrogens is 528 g/mol. The number of aromatic nitrogens is 2. The maximum Gasteiger partial charge on any atom is 0.326 e. The van der Waals surface area contributed by atoms with Crippen molar-refractivity contribution in [1.82, 2.24) is 25.9 Å². The van der Waals surface area contributed by atoms with Gasteiger partial charge in [0.05, 0.1) is 12.4 Å². The highest BCUT2D eigenvalue weighted by Crippen LogP contribution is 2.07. The van der Waals surface area contributed by atoms with Gasteiger partial charge in [-0.05, 0) is 57.1 Å². The number of H-pyrrole nitrogens is 1. The van der Waals surface area contributed by atoms with E-state index in [0.29, 0.717) is 37.3 Å². The average molecular weight is 571 g/mol. The van der Waals surface area contributed by atoms with E-state index in [4.69, 9.17) is 22.9 Å². The van der Waals surface area contributed by atoms with Gasteiger partial charge in [-0.25, -0.2) is 9.78 Å². The van der Waals surface area contributed by atoms with Gasteiger partial charge >= 0.3 is 5.97 Å². The second kappa shape index (κ2) is 18.8. The maximum absolute atomic E-state index is 13.2. The summed E-state index contributed by atoms with van der Waals surface area (Å²) in [5.41, 5.74) is 22.9. The molecule has 13 N–H and O–H groups in total. The number of unbranched alkanes of at least 4 members (excludes halogenated alkanes) is 1. The second-order valence-corrected chi connectivity index (χ2v) is 9.91. The summed E-state index contributed by atoms with van der Waals surface area (Å²) in [6, 6.07) is -4.13. The van der Waals surface area contributed by atoms with Crippen molar-refractivity contribution >= 4 is 41.4 Å². The lowest BCUT2D eigenvalue weighted by atomic mass is 10.1. The minimum Gasteiger partial charge on any atom is -0.480 e. The van der Waals surface area contributed by atoms with Gasteiger partial charge in [-0.1, -0.05) is 0 Å². The highest BCUT2D eigenvalue weighted by atomic mass is 32.2. The number of aromatic amines is 1. The lowest BCUT2D eigenvalue weighted by Gasteiger charge is -2.25. The molecule has 16 heteroatoms. The summed E-state index contributed by atoms with van der Waals surface area (Å²) in [7, 11) is 0. The summed E-state index contributed by atoms with van der Waals surface area (Å²) in [6.07, 6.45) is 7.13. The second-order valence-electron chi connectivity index (χ2n) is 8.92. The van der Waals surface area contributed by atoms with E-state index in [9.17, 15) is 24.3 Å². The van der Waals surface area contributed by atoms with Crippen LogP contribution in [-0.2, 0) is 25.6 Å². The van der Waals surface area contributed by atoms with Crippen LogP contribution in [0, 0.1) is 0 Å². The molecule has 1 aromatic rings. The van der Waals surface area contributed by atoms with E-state index in [1.807, 2.05) is 6.26 Å². The number of rotatable bonds is 20. The number of amides is 3. The lowest BCUT2D eigenvalue weighted by Crippen LogP contribution is -2.57. The molecule has 4 atom stereocenters. The number of carbonyl (C=O) groups is 4. The van der Waals surface area contributed by atoms with Crippen LogP contribution in [0.25, 0.3) is 0 Å². The van der Waals surface area contributed by atoms with Crippen molar-refractivity contribution < 1.29 is 24.3 Å². The van der Waals surface area contributed by atoms with Gasteiger partial charge < -0.3 is 49.0 Å². The first-order valence-electron chi connectivity index (χ1n) is 12.7. The number of thioether (sulfide) groups is 1. The van der Waals surface area contributed by atoms with E-state index in [-0.39, 0.29) is 38.2 Å². The Balaban J connectivity index is 2.96. The Kier molecular flexibility index (Phi) is 16.2. The van der Waals surface area contributed by atoms with Crippen LogP contribution in [0.3, 0.4) is 0 Å². The van der Waals surface area contributed by atoms with Crippen LogP contribution in [-0.4, -0.2) is 94.0 Å². The predicted molar refractivity (Wildman–Crippen MR) is 150 cm³/mol. The van der Waals surface area contributed by atoms with Gasteiger partial charge in [0, 0.05) is 24.9 Å². The molecule has 15 nitrogen and oxygen atoms in total. The van der Waals surface area contributed by atoms with Crippen LogP contribution in [0.2, 0.25) is 0 Å². The number of hydrogen-bond acceptors (Lipinski definition) is 9. The van der Waals surface area contributed by atoms with Crippen LogP contribution in [0.15, 0.2) is 17.5 Å². The first-order valence-corrected chi connectivity index (χ1v) is 14.1. The molecule has 1 aromatic heterocycles. The number of nitrogens with one attached hydrogen (secondary N) is 4. The Morgan fingerprint density at radius 3 is 2.18 bits per heavy atom. The molecule has 0 spiro atoms. The number of hydrogen-bond donors (Lipinski definition) is 9. The van der Waals surface area contributed by atoms with Gasteiger partial charge in [0.2, 0.25) is 17.7 Å². The third-order valence-electron chi connectivity index (χ3n) is 5.71. The summed E-state index contributed by atoms with van der Waals surface area (Å²) >= 11 is 1.48. The van der Waals surface area contributed by atoms with Crippen molar-refractivity contribution in [2.45, 2.75) is 69.1 Å². The predicted octanol–water partition coefficient (Wildman–Crippen LogP) is -2.25. The first kappa shape index (κ1) is 33.7. The fraction of sp³-hybridized carbons (Fsp3) is 0.652. The quantitative estimate of drug-likeness (QED) is 0.0459. The summed E-state index contributed by atoms with van der Waals surface area (Å²) in [5.74, 6) is -2.55. The van der Waals surface area contributed by atoms with E-state index in [1.165, 1.54) is 18.1 Å². The van der Waals surface area contributed by atoms with Gasteiger partial charge in [0.25, 0.3) is 0 Å². The highest BCUT2D eigenvalue weighted by molar-refractivity contribution is 7.98. The average Bonchev–Trinajstić information content (AvgIpc) is 3.40. The number of nitrogens with zero attached hydrogens (tertiary/aromatic N) is 2. The number of aliphatic carboxylic acids is 1. The van der Waals surface area contributed by atoms with Crippen LogP contribution >= 0.6 is 11.8 Å². The van der Waals surface area contributed by atoms with E-state index < -0.39 is 47.9 Å². The number of carbonyl (C=O) groups excluding carboxylic acids is 3. The maximum atomic E-state index is 13.2. The molecule has 3 amide bonds. The molecule has 1 heterocycles. The third kappa shape index (κ3) is 13.8. The van der Waals surface area contributed by atoms with Gasteiger partial charge in [-0.15, -0.1) is 0 Å². The van der Waals surface area contributed by atoms with E-state index in [0.717, 1.165) is 0 Å². The summed E-state index contributed by atoms with van der Waals surface area (Å²) in [6.45, 7) is 0.606. The molecule has 4 unspecified atom stereocenters. The zero-order chi connectivity index (χ0) is 29.2. The topological polar surface area (TPSA) is 270 Å². The fourth-order valence-electron chi connectivity index (χ4n) is 3.58. The summed E-state index contributed by atoms with van der Waals surface area (Å²) in [4.78, 5) is 61.4. The number of guanidine groups is 1. The fourth-order valence-corrected chi connectivity index (χ4v) is 4.05. The number of aliphatic imine (C=N–C) groups is 1. The van der Waals surface area contributed by atoms with Crippen molar-refractivity contribution in [3.8, 4) is 0 Å². The van der Waals surface area contributed by atoms with E-state index in [1.54, 1.807) is 6.20 Å². The van der Waals surface area contributed by atoms with Gasteiger partial charge in [-0.3, -0.25) is 19.4 Å². The first-order chi connectivity index (χ1) is 18.6. The number of carboxylic acids is 1. The van der Waals surface area contributed by atoms with Crippen molar-refractivity contribution in [1.29, 1.82) is 0 Å². The van der Waals surface area contributed by atoms with E-state index in [2.05, 4.69) is 30.9 Å². The molecule has 39 heavy (non-hydrogen) atoms. The van der Waals surface area contributed by atoms with Crippen molar-refractivity contribution in [3.63, 3.8) is 0 Å². The third-order valence-corrected chi connectivity index (χ3v) is 6.36. The molecule has 0 saturated carbocycles. The molecule has 1 rings (SSSR count). The normalized spacial score (nSPS) is 13.9. The SMILES string of the molecule is CSCCC(NC(=O)C(N)Cc1cnc[nH]1)C(=O)NC(CCCN=C(N)N)C(=O)NC(CCCCN)C(=O)O. The van der Waals surface area contributed by atoms with Crippen molar-refractivity contribution in [3.05, 3.63) is 18.2 Å². The molecule has 0 saturated heterocycles. The standard InChI is InChI=1S/C23H42N10O5S/c1-39-10-7-17(31-19(34)15(25)11-14-12-28-13-30-14)21(36)32-16(6-4-9-29-23(26)27)20(35)33-18(22(37)38)5-2-3-8-24/h12-13,15-18H,2-11,24-25H2,1H3,(H,28,30)(H,31,34)(H,32,36)(H,33,35)(H,37,38)(H4,26,27,29). The van der Waals surface area contributed by atoms with Gasteiger partial charge in [0.15, 0.2) is 5.96 Å². The molecule has 0 aromatic carbocycles. The van der Waals surface area contributed by atoms with Crippen LogP contribution in [0.1, 0.15) is 44.2 Å². The molecule has 0 bridgehead atoms. The number of nitrogens with two attached hydrogens (primary N) is 4.